The Labute approximate surface area is 124 Å². The first-order valence-electron chi connectivity index (χ1n) is 6.08. The molecule has 2 aromatic carbocycles. The second-order valence-corrected chi connectivity index (χ2v) is 5.41. The number of benzene rings is 2. The Hall–Kier alpha value is -1.18. The van der Waals surface area contributed by atoms with Crippen LogP contribution in [0.1, 0.15) is 27.6 Å². The van der Waals surface area contributed by atoms with Gasteiger partial charge in [-0.2, -0.15) is 0 Å². The largest absolute Gasteiger partial charge is 0.496 e. The fourth-order valence-corrected chi connectivity index (χ4v) is 2.71. The van der Waals surface area contributed by atoms with Crippen molar-refractivity contribution in [2.24, 2.45) is 0 Å². The molecular formula is C16H16Cl2O. The van der Waals surface area contributed by atoms with Crippen molar-refractivity contribution < 1.29 is 4.74 Å². The number of methoxy groups -OCH3 is 1. The molecule has 1 atom stereocenters. The van der Waals surface area contributed by atoms with E-state index in [2.05, 4.69) is 6.07 Å². The molecule has 19 heavy (non-hydrogen) atoms. The third-order valence-electron chi connectivity index (χ3n) is 3.24. The summed E-state index contributed by atoms with van der Waals surface area (Å²) in [5.41, 5.74) is 4.14. The Kier molecular flexibility index (Phi) is 4.38. The van der Waals surface area contributed by atoms with Crippen LogP contribution in [-0.4, -0.2) is 7.11 Å². The lowest BCUT2D eigenvalue weighted by Crippen LogP contribution is -2.00. The van der Waals surface area contributed by atoms with Crippen LogP contribution in [-0.2, 0) is 0 Å². The van der Waals surface area contributed by atoms with E-state index in [9.17, 15) is 0 Å². The Morgan fingerprint density at radius 2 is 1.79 bits per heavy atom. The predicted octanol–water partition coefficient (Wildman–Crippen LogP) is 5.29. The van der Waals surface area contributed by atoms with E-state index in [0.29, 0.717) is 0 Å². The van der Waals surface area contributed by atoms with Crippen LogP contribution in [0.25, 0.3) is 0 Å². The van der Waals surface area contributed by atoms with Crippen molar-refractivity contribution in [3.8, 4) is 5.75 Å². The minimum Gasteiger partial charge on any atom is -0.496 e. The van der Waals surface area contributed by atoms with Crippen molar-refractivity contribution in [1.29, 1.82) is 0 Å². The molecule has 0 heterocycles. The first kappa shape index (κ1) is 14.2. The van der Waals surface area contributed by atoms with Crippen LogP contribution < -0.4 is 4.74 Å². The third-order valence-corrected chi connectivity index (χ3v) is 4.12. The molecule has 0 aliphatic carbocycles. The van der Waals surface area contributed by atoms with Gasteiger partial charge >= 0.3 is 0 Å². The van der Waals surface area contributed by atoms with Crippen LogP contribution in [0.2, 0.25) is 5.02 Å². The molecule has 0 spiro atoms. The van der Waals surface area contributed by atoms with Gasteiger partial charge in [-0.25, -0.2) is 0 Å². The minimum absolute atomic E-state index is 0.270. The minimum atomic E-state index is -0.270. The lowest BCUT2D eigenvalue weighted by molar-refractivity contribution is 0.410. The van der Waals surface area contributed by atoms with Gasteiger partial charge in [-0.15, -0.1) is 11.6 Å². The van der Waals surface area contributed by atoms with E-state index >= 15 is 0 Å². The van der Waals surface area contributed by atoms with Gasteiger partial charge in [-0.1, -0.05) is 41.4 Å². The molecule has 0 aliphatic rings. The van der Waals surface area contributed by atoms with E-state index < -0.39 is 0 Å². The quantitative estimate of drug-likeness (QED) is 0.699. The monoisotopic (exact) mass is 294 g/mol. The Morgan fingerprint density at radius 1 is 1.05 bits per heavy atom. The summed E-state index contributed by atoms with van der Waals surface area (Å²) in [5, 5.41) is 0.461. The van der Waals surface area contributed by atoms with Gasteiger partial charge in [0.15, 0.2) is 0 Å². The smallest absolute Gasteiger partial charge is 0.123 e. The molecular weight excluding hydrogens is 279 g/mol. The number of ether oxygens (including phenoxy) is 1. The summed E-state index contributed by atoms with van der Waals surface area (Å²) in [5.74, 6) is 0.796. The molecule has 0 N–H and O–H groups in total. The molecule has 1 unspecified atom stereocenters. The molecule has 3 heteroatoms. The summed E-state index contributed by atoms with van der Waals surface area (Å²) >= 11 is 12.8. The zero-order chi connectivity index (χ0) is 14.0. The van der Waals surface area contributed by atoms with Gasteiger partial charge in [0.1, 0.15) is 5.75 Å². The van der Waals surface area contributed by atoms with Crippen LogP contribution in [0.5, 0.6) is 5.75 Å². The predicted molar refractivity (Wildman–Crippen MR) is 81.6 cm³/mol. The van der Waals surface area contributed by atoms with E-state index in [4.69, 9.17) is 27.9 Å². The van der Waals surface area contributed by atoms with Crippen molar-refractivity contribution in [2.45, 2.75) is 19.2 Å². The lowest BCUT2D eigenvalue weighted by atomic mass is 9.98. The maximum atomic E-state index is 6.63. The fraction of sp³-hybridized carbons (Fsp3) is 0.250. The molecule has 0 bridgehead atoms. The Bertz CT molecular complexity index is 593. The molecule has 0 amide bonds. The summed E-state index contributed by atoms with van der Waals surface area (Å²) in [6.07, 6.45) is 0. The second-order valence-electron chi connectivity index (χ2n) is 4.56. The molecule has 0 aromatic heterocycles. The molecule has 2 aromatic rings. The number of hydrogen-bond donors (Lipinski definition) is 0. The van der Waals surface area contributed by atoms with Crippen molar-refractivity contribution in [1.82, 2.24) is 0 Å². The van der Waals surface area contributed by atoms with Crippen molar-refractivity contribution in [3.63, 3.8) is 0 Å². The molecule has 100 valence electrons. The average Bonchev–Trinajstić information content (AvgIpc) is 2.41. The summed E-state index contributed by atoms with van der Waals surface area (Å²) in [7, 11) is 1.66. The number of halogens is 2. The van der Waals surface area contributed by atoms with Crippen molar-refractivity contribution in [3.05, 3.63) is 63.7 Å². The first-order chi connectivity index (χ1) is 9.04. The summed E-state index contributed by atoms with van der Waals surface area (Å²) in [4.78, 5) is 0. The van der Waals surface area contributed by atoms with Gasteiger partial charge in [0, 0.05) is 10.6 Å². The normalized spacial score (nSPS) is 12.3. The van der Waals surface area contributed by atoms with Crippen LogP contribution in [0, 0.1) is 13.8 Å². The van der Waals surface area contributed by atoms with Gasteiger partial charge in [0.2, 0.25) is 0 Å². The highest BCUT2D eigenvalue weighted by Gasteiger charge is 2.18. The SMILES string of the molecule is COc1ccc(C)cc1C(Cl)c1cccc(Cl)c1C. The second kappa shape index (κ2) is 5.85. The van der Waals surface area contributed by atoms with Crippen molar-refractivity contribution >= 4 is 23.2 Å². The maximum absolute atomic E-state index is 6.63. The zero-order valence-corrected chi connectivity index (χ0v) is 12.7. The number of hydrogen-bond acceptors (Lipinski definition) is 1. The fourth-order valence-electron chi connectivity index (χ4n) is 2.12. The molecule has 1 nitrogen and oxygen atoms in total. The van der Waals surface area contributed by atoms with Gasteiger partial charge in [0.25, 0.3) is 0 Å². The van der Waals surface area contributed by atoms with E-state index in [1.54, 1.807) is 7.11 Å². The van der Waals surface area contributed by atoms with Gasteiger partial charge in [-0.3, -0.25) is 0 Å². The lowest BCUT2D eigenvalue weighted by Gasteiger charge is -2.17. The third kappa shape index (κ3) is 2.88. The van der Waals surface area contributed by atoms with E-state index in [1.165, 1.54) is 0 Å². The van der Waals surface area contributed by atoms with Gasteiger partial charge < -0.3 is 4.74 Å². The Balaban J connectivity index is 2.52. The average molecular weight is 295 g/mol. The summed E-state index contributed by atoms with van der Waals surface area (Å²) in [6, 6.07) is 11.8. The van der Waals surface area contributed by atoms with Crippen LogP contribution >= 0.6 is 23.2 Å². The molecule has 0 radical (unpaired) electrons. The number of rotatable bonds is 3. The zero-order valence-electron chi connectivity index (χ0n) is 11.2. The standard InChI is InChI=1S/C16H16Cl2O/c1-10-7-8-15(19-3)13(9-10)16(18)12-5-4-6-14(17)11(12)2/h4-9,16H,1-3H3. The van der Waals surface area contributed by atoms with E-state index in [0.717, 1.165) is 33.0 Å². The Morgan fingerprint density at radius 3 is 2.47 bits per heavy atom. The van der Waals surface area contributed by atoms with E-state index in [1.807, 2.05) is 44.2 Å². The van der Waals surface area contributed by atoms with Gasteiger partial charge in [0.05, 0.1) is 12.5 Å². The number of aryl methyl sites for hydroxylation is 1. The molecule has 0 saturated heterocycles. The topological polar surface area (TPSA) is 9.23 Å². The van der Waals surface area contributed by atoms with Crippen LogP contribution in [0.4, 0.5) is 0 Å². The molecule has 0 fully saturated rings. The highest BCUT2D eigenvalue weighted by molar-refractivity contribution is 6.31. The highest BCUT2D eigenvalue weighted by Crippen LogP contribution is 2.38. The first-order valence-corrected chi connectivity index (χ1v) is 6.89. The van der Waals surface area contributed by atoms with Crippen molar-refractivity contribution in [2.75, 3.05) is 7.11 Å². The van der Waals surface area contributed by atoms with Crippen LogP contribution in [0.3, 0.4) is 0 Å². The highest BCUT2D eigenvalue weighted by atomic mass is 35.5. The summed E-state index contributed by atoms with van der Waals surface area (Å²) < 4.78 is 5.40. The summed E-state index contributed by atoms with van der Waals surface area (Å²) in [6.45, 7) is 4.02. The molecule has 2 rings (SSSR count). The number of alkyl halides is 1. The van der Waals surface area contributed by atoms with E-state index in [-0.39, 0.29) is 5.38 Å². The van der Waals surface area contributed by atoms with Crippen LogP contribution in [0.15, 0.2) is 36.4 Å². The van der Waals surface area contributed by atoms with Gasteiger partial charge in [-0.05, 0) is 37.1 Å². The molecule has 0 aliphatic heterocycles. The maximum Gasteiger partial charge on any atom is 0.123 e. The molecule has 0 saturated carbocycles.